The van der Waals surface area contributed by atoms with E-state index in [4.69, 9.17) is 0 Å². The highest BCUT2D eigenvalue weighted by Gasteiger charge is 2.21. The lowest BCUT2D eigenvalue weighted by Gasteiger charge is -2.29. The van der Waals surface area contributed by atoms with Gasteiger partial charge in [0.25, 0.3) is 0 Å². The minimum Gasteiger partial charge on any atom is -0.356 e. The van der Waals surface area contributed by atoms with Crippen molar-refractivity contribution in [3.63, 3.8) is 0 Å². The number of aliphatic imine (C=N–C) groups is 1. The number of nitrogens with one attached hydrogen (secondary N) is 1. The van der Waals surface area contributed by atoms with Crippen molar-refractivity contribution in [3.05, 3.63) is 11.0 Å². The number of hydrogen-bond acceptors (Lipinski definition) is 2. The van der Waals surface area contributed by atoms with Crippen LogP contribution in [0.25, 0.3) is 0 Å². The second kappa shape index (κ2) is 4.19. The molecule has 70 valence electrons. The summed E-state index contributed by atoms with van der Waals surface area (Å²) in [6.45, 7) is 6.39. The van der Waals surface area contributed by atoms with E-state index in [0.29, 0.717) is 0 Å². The fraction of sp³-hybridized carbons (Fsp3) is 0.625. The van der Waals surface area contributed by atoms with Crippen molar-refractivity contribution in [1.29, 1.82) is 0 Å². The van der Waals surface area contributed by atoms with Crippen LogP contribution in [0.4, 0.5) is 0 Å². The van der Waals surface area contributed by atoms with Crippen LogP contribution < -0.4 is 5.32 Å². The molecule has 1 aliphatic heterocycles. The van der Waals surface area contributed by atoms with Crippen LogP contribution in [0.1, 0.15) is 20.8 Å². The first-order valence-electron chi connectivity index (χ1n) is 3.66. The molecule has 2 nitrogen and oxygen atoms in total. The zero-order chi connectivity index (χ0) is 8.48. The zero-order valence-corrected chi connectivity index (χ0v) is 9.47. The summed E-state index contributed by atoms with van der Waals surface area (Å²) >= 11 is 1.69. The summed E-state index contributed by atoms with van der Waals surface area (Å²) in [4.78, 5) is 5.44. The van der Waals surface area contributed by atoms with Crippen molar-refractivity contribution in [3.8, 4) is 0 Å². The normalized spacial score (nSPS) is 24.0. The number of nitrogens with zero attached hydrogens (tertiary/aromatic N) is 1. The van der Waals surface area contributed by atoms with Gasteiger partial charge in [0.2, 0.25) is 0 Å². The molecule has 1 N–H and O–H groups in total. The first kappa shape index (κ1) is 11.8. The van der Waals surface area contributed by atoms with Gasteiger partial charge in [-0.15, -0.1) is 12.4 Å². The predicted molar refractivity (Wildman–Crippen MR) is 59.2 cm³/mol. The molecule has 0 unspecified atom stereocenters. The number of allylic oxidation sites excluding steroid dienone is 1. The molecule has 0 spiro atoms. The SMILES string of the molecule is CN=C1NC(C)(C)C=C(C)S1.Cl. The van der Waals surface area contributed by atoms with Gasteiger partial charge >= 0.3 is 0 Å². The largest absolute Gasteiger partial charge is 0.356 e. The van der Waals surface area contributed by atoms with Crippen molar-refractivity contribution >= 4 is 29.3 Å². The molecule has 0 bridgehead atoms. The van der Waals surface area contributed by atoms with Crippen molar-refractivity contribution in [2.24, 2.45) is 4.99 Å². The van der Waals surface area contributed by atoms with Crippen LogP contribution in [-0.2, 0) is 0 Å². The Morgan fingerprint density at radius 3 is 2.50 bits per heavy atom. The van der Waals surface area contributed by atoms with E-state index in [9.17, 15) is 0 Å². The molecule has 0 radical (unpaired) electrons. The highest BCUT2D eigenvalue weighted by molar-refractivity contribution is 8.17. The lowest BCUT2D eigenvalue weighted by Crippen LogP contribution is -2.42. The molecule has 0 aromatic carbocycles. The quantitative estimate of drug-likeness (QED) is 0.659. The number of thioether (sulfide) groups is 1. The molecule has 12 heavy (non-hydrogen) atoms. The van der Waals surface area contributed by atoms with Gasteiger partial charge in [0.15, 0.2) is 5.17 Å². The molecule has 0 aromatic heterocycles. The standard InChI is InChI=1S/C8H14N2S.ClH/c1-6-5-8(2,3)10-7(9-4)11-6;/h5H,1-4H3,(H,9,10);1H. The van der Waals surface area contributed by atoms with Crippen LogP contribution >= 0.6 is 24.2 Å². The van der Waals surface area contributed by atoms with Crippen LogP contribution in [0.3, 0.4) is 0 Å². The average Bonchev–Trinajstić information content (AvgIpc) is 1.83. The third-order valence-corrected chi connectivity index (χ3v) is 2.37. The van der Waals surface area contributed by atoms with Gasteiger partial charge in [0.1, 0.15) is 0 Å². The summed E-state index contributed by atoms with van der Waals surface area (Å²) in [6.07, 6.45) is 2.21. The summed E-state index contributed by atoms with van der Waals surface area (Å²) in [5.41, 5.74) is 0.0597. The van der Waals surface area contributed by atoms with Crippen LogP contribution in [-0.4, -0.2) is 17.8 Å². The topological polar surface area (TPSA) is 24.4 Å². The number of hydrogen-bond donors (Lipinski definition) is 1. The summed E-state index contributed by atoms with van der Waals surface area (Å²) in [5, 5.41) is 4.32. The van der Waals surface area contributed by atoms with E-state index < -0.39 is 0 Å². The average molecular weight is 207 g/mol. The van der Waals surface area contributed by atoms with Crippen LogP contribution in [0.5, 0.6) is 0 Å². The Morgan fingerprint density at radius 2 is 2.08 bits per heavy atom. The van der Waals surface area contributed by atoms with E-state index in [-0.39, 0.29) is 17.9 Å². The Labute approximate surface area is 84.3 Å². The molecule has 4 heteroatoms. The van der Waals surface area contributed by atoms with Gasteiger partial charge in [0.05, 0.1) is 5.54 Å². The maximum atomic E-state index is 4.12. The zero-order valence-electron chi connectivity index (χ0n) is 7.84. The van der Waals surface area contributed by atoms with Gasteiger partial charge in [-0.05, 0) is 25.7 Å². The molecular weight excluding hydrogens is 192 g/mol. The third-order valence-electron chi connectivity index (χ3n) is 1.45. The van der Waals surface area contributed by atoms with Crippen LogP contribution in [0.2, 0.25) is 0 Å². The van der Waals surface area contributed by atoms with Gasteiger partial charge < -0.3 is 5.32 Å². The van der Waals surface area contributed by atoms with Crippen LogP contribution in [0.15, 0.2) is 16.0 Å². The van der Waals surface area contributed by atoms with Crippen LogP contribution in [0, 0.1) is 0 Å². The minimum atomic E-state index is 0. The molecule has 0 fully saturated rings. The first-order valence-corrected chi connectivity index (χ1v) is 4.47. The summed E-state index contributed by atoms with van der Waals surface area (Å²) in [5.74, 6) is 0. The van der Waals surface area contributed by atoms with E-state index in [1.807, 2.05) is 7.05 Å². The van der Waals surface area contributed by atoms with Gasteiger partial charge in [-0.1, -0.05) is 17.8 Å². The van der Waals surface area contributed by atoms with E-state index in [2.05, 4.69) is 37.2 Å². The molecule has 0 aromatic rings. The Balaban J connectivity index is 0.00000121. The van der Waals surface area contributed by atoms with Crippen molar-refractivity contribution in [1.82, 2.24) is 5.32 Å². The molecule has 0 aliphatic carbocycles. The molecule has 0 saturated heterocycles. The molecule has 0 saturated carbocycles. The lowest BCUT2D eigenvalue weighted by atomic mass is 10.1. The van der Waals surface area contributed by atoms with E-state index >= 15 is 0 Å². The molecule has 0 amide bonds. The lowest BCUT2D eigenvalue weighted by molar-refractivity contribution is 0.576. The monoisotopic (exact) mass is 206 g/mol. The Hall–Kier alpha value is -0.150. The fourth-order valence-corrected chi connectivity index (χ4v) is 2.19. The predicted octanol–water partition coefficient (Wildman–Crippen LogP) is 2.41. The summed E-state index contributed by atoms with van der Waals surface area (Å²) < 4.78 is 0. The number of amidine groups is 1. The Kier molecular flexibility index (Phi) is 4.14. The minimum absolute atomic E-state index is 0. The maximum absolute atomic E-state index is 4.12. The number of rotatable bonds is 0. The van der Waals surface area contributed by atoms with Gasteiger partial charge in [-0.3, -0.25) is 4.99 Å². The maximum Gasteiger partial charge on any atom is 0.161 e. The fourth-order valence-electron chi connectivity index (χ4n) is 1.13. The van der Waals surface area contributed by atoms with E-state index in [1.165, 1.54) is 4.91 Å². The Morgan fingerprint density at radius 1 is 1.50 bits per heavy atom. The smallest absolute Gasteiger partial charge is 0.161 e. The molecule has 1 heterocycles. The highest BCUT2D eigenvalue weighted by atomic mass is 35.5. The van der Waals surface area contributed by atoms with E-state index in [0.717, 1.165) is 5.17 Å². The van der Waals surface area contributed by atoms with Crippen molar-refractivity contribution in [2.75, 3.05) is 7.05 Å². The third kappa shape index (κ3) is 3.07. The summed E-state index contributed by atoms with van der Waals surface area (Å²) in [7, 11) is 1.81. The van der Waals surface area contributed by atoms with Gasteiger partial charge in [-0.25, -0.2) is 0 Å². The number of halogens is 1. The molecule has 0 atom stereocenters. The highest BCUT2D eigenvalue weighted by Crippen LogP contribution is 2.25. The first-order chi connectivity index (χ1) is 5.03. The second-order valence-electron chi connectivity index (χ2n) is 3.23. The Bertz CT molecular complexity index is 221. The van der Waals surface area contributed by atoms with Crippen molar-refractivity contribution < 1.29 is 0 Å². The molecule has 1 aliphatic rings. The van der Waals surface area contributed by atoms with Crippen molar-refractivity contribution in [2.45, 2.75) is 26.3 Å². The van der Waals surface area contributed by atoms with E-state index in [1.54, 1.807) is 11.8 Å². The summed E-state index contributed by atoms with van der Waals surface area (Å²) in [6, 6.07) is 0. The van der Waals surface area contributed by atoms with Gasteiger partial charge in [0, 0.05) is 7.05 Å². The second-order valence-corrected chi connectivity index (χ2v) is 4.47. The molecule has 1 rings (SSSR count). The van der Waals surface area contributed by atoms with Gasteiger partial charge in [-0.2, -0.15) is 0 Å². The molecular formula is C8H15ClN2S.